The molecule has 3 amide bonds. The Morgan fingerprint density at radius 2 is 1.83 bits per heavy atom. The van der Waals surface area contributed by atoms with Crippen molar-refractivity contribution in [3.8, 4) is 11.5 Å². The number of hydrogen-bond donors (Lipinski definition) is 2. The van der Waals surface area contributed by atoms with Crippen LogP contribution in [0.25, 0.3) is 0 Å². The molecular formula is C18H18N2O4. The van der Waals surface area contributed by atoms with E-state index in [1.165, 1.54) is 0 Å². The van der Waals surface area contributed by atoms with Gasteiger partial charge in [-0.25, -0.2) is 4.79 Å². The standard InChI is InChI=1S/C18H18N2O4/c1-23-15-9-5-8-13(10-14-17(21)20-18(22)19-14)16(15)24-11-12-6-3-2-4-7-12/h2-9,14H,10-11H2,1H3,(H2,19,20,21,22). The second-order valence-electron chi connectivity index (χ2n) is 5.44. The highest BCUT2D eigenvalue weighted by atomic mass is 16.5. The van der Waals surface area contributed by atoms with Crippen molar-refractivity contribution in [3.05, 3.63) is 59.7 Å². The lowest BCUT2D eigenvalue weighted by molar-refractivity contribution is -0.120. The molecule has 0 radical (unpaired) electrons. The number of rotatable bonds is 6. The van der Waals surface area contributed by atoms with E-state index < -0.39 is 12.1 Å². The molecule has 0 aromatic heterocycles. The van der Waals surface area contributed by atoms with Gasteiger partial charge in [0.1, 0.15) is 12.6 Å². The van der Waals surface area contributed by atoms with E-state index in [-0.39, 0.29) is 5.91 Å². The van der Waals surface area contributed by atoms with Crippen LogP contribution >= 0.6 is 0 Å². The monoisotopic (exact) mass is 326 g/mol. The predicted octanol–water partition coefficient (Wildman–Crippen LogP) is 2.02. The molecule has 0 bridgehead atoms. The van der Waals surface area contributed by atoms with Crippen LogP contribution in [0.1, 0.15) is 11.1 Å². The number of carbonyl (C=O) groups is 2. The largest absolute Gasteiger partial charge is 0.493 e. The number of hydrogen-bond acceptors (Lipinski definition) is 4. The van der Waals surface area contributed by atoms with Gasteiger partial charge < -0.3 is 14.8 Å². The summed E-state index contributed by atoms with van der Waals surface area (Å²) in [5.74, 6) is 0.836. The van der Waals surface area contributed by atoms with Crippen molar-refractivity contribution < 1.29 is 19.1 Å². The third kappa shape index (κ3) is 3.48. The molecule has 24 heavy (non-hydrogen) atoms. The van der Waals surface area contributed by atoms with Crippen LogP contribution < -0.4 is 20.1 Å². The lowest BCUT2D eigenvalue weighted by Gasteiger charge is -2.16. The topological polar surface area (TPSA) is 76.7 Å². The summed E-state index contributed by atoms with van der Waals surface area (Å²) in [6, 6.07) is 14.2. The molecule has 1 heterocycles. The molecule has 3 rings (SSSR count). The Balaban J connectivity index is 1.81. The van der Waals surface area contributed by atoms with Crippen LogP contribution in [-0.2, 0) is 17.8 Å². The minimum Gasteiger partial charge on any atom is -0.493 e. The van der Waals surface area contributed by atoms with Crippen LogP contribution in [0.5, 0.6) is 11.5 Å². The number of benzene rings is 2. The zero-order valence-electron chi connectivity index (χ0n) is 13.2. The minimum atomic E-state index is -0.608. The second kappa shape index (κ2) is 7.04. The number of carbonyl (C=O) groups excluding carboxylic acids is 2. The van der Waals surface area contributed by atoms with Gasteiger partial charge in [0.15, 0.2) is 11.5 Å². The fourth-order valence-corrected chi connectivity index (χ4v) is 2.60. The van der Waals surface area contributed by atoms with Gasteiger partial charge in [0.2, 0.25) is 0 Å². The van der Waals surface area contributed by atoms with Crippen LogP contribution in [0.15, 0.2) is 48.5 Å². The van der Waals surface area contributed by atoms with Crippen molar-refractivity contribution in [2.75, 3.05) is 7.11 Å². The van der Waals surface area contributed by atoms with E-state index in [1.54, 1.807) is 13.2 Å². The van der Waals surface area contributed by atoms with E-state index in [0.29, 0.717) is 24.5 Å². The zero-order chi connectivity index (χ0) is 16.9. The summed E-state index contributed by atoms with van der Waals surface area (Å²) in [5.41, 5.74) is 1.83. The molecule has 2 aromatic rings. The SMILES string of the molecule is COc1cccc(CC2NC(=O)NC2=O)c1OCc1ccccc1. The average molecular weight is 326 g/mol. The second-order valence-corrected chi connectivity index (χ2v) is 5.44. The van der Waals surface area contributed by atoms with Gasteiger partial charge >= 0.3 is 6.03 Å². The first kappa shape index (κ1) is 15.9. The maximum Gasteiger partial charge on any atom is 0.322 e. The Hall–Kier alpha value is -3.02. The van der Waals surface area contributed by atoms with E-state index in [4.69, 9.17) is 9.47 Å². The lowest BCUT2D eigenvalue weighted by Crippen LogP contribution is -2.31. The van der Waals surface area contributed by atoms with Crippen molar-refractivity contribution in [2.45, 2.75) is 19.1 Å². The van der Waals surface area contributed by atoms with E-state index in [0.717, 1.165) is 11.1 Å². The highest BCUT2D eigenvalue weighted by Gasteiger charge is 2.30. The number of ether oxygens (including phenoxy) is 2. The Bertz CT molecular complexity index is 746. The third-order valence-electron chi connectivity index (χ3n) is 3.79. The maximum absolute atomic E-state index is 11.8. The fraction of sp³-hybridized carbons (Fsp3) is 0.222. The summed E-state index contributed by atoms with van der Waals surface area (Å²) in [4.78, 5) is 23.0. The number of urea groups is 1. The zero-order valence-corrected chi connectivity index (χ0v) is 13.2. The summed E-state index contributed by atoms with van der Waals surface area (Å²) in [6.45, 7) is 0.386. The number of methoxy groups -OCH3 is 1. The van der Waals surface area contributed by atoms with Crippen LogP contribution in [-0.4, -0.2) is 25.1 Å². The number of amides is 3. The molecule has 1 fully saturated rings. The Morgan fingerprint density at radius 1 is 1.04 bits per heavy atom. The highest BCUT2D eigenvalue weighted by molar-refractivity contribution is 6.04. The van der Waals surface area contributed by atoms with Gasteiger partial charge in [-0.2, -0.15) is 0 Å². The molecule has 1 atom stereocenters. The van der Waals surface area contributed by atoms with E-state index in [2.05, 4.69) is 10.6 Å². The molecular weight excluding hydrogens is 308 g/mol. The Kier molecular flexibility index (Phi) is 4.65. The summed E-state index contributed by atoms with van der Waals surface area (Å²) in [6.07, 6.45) is 0.332. The molecule has 2 aromatic carbocycles. The molecule has 124 valence electrons. The molecule has 0 spiro atoms. The smallest absolute Gasteiger partial charge is 0.322 e. The third-order valence-corrected chi connectivity index (χ3v) is 3.79. The van der Waals surface area contributed by atoms with E-state index in [9.17, 15) is 9.59 Å². The van der Waals surface area contributed by atoms with Gasteiger partial charge in [-0.3, -0.25) is 10.1 Å². The molecule has 0 saturated carbocycles. The highest BCUT2D eigenvalue weighted by Crippen LogP contribution is 2.32. The molecule has 1 aliphatic heterocycles. The number of imide groups is 1. The fourth-order valence-electron chi connectivity index (χ4n) is 2.60. The van der Waals surface area contributed by atoms with Crippen molar-refractivity contribution in [1.29, 1.82) is 0 Å². The summed E-state index contributed by atoms with van der Waals surface area (Å²) in [5, 5.41) is 4.83. The molecule has 6 nitrogen and oxygen atoms in total. The van der Waals surface area contributed by atoms with Gasteiger partial charge in [0.25, 0.3) is 5.91 Å². The lowest BCUT2D eigenvalue weighted by atomic mass is 10.0. The van der Waals surface area contributed by atoms with Crippen LogP contribution in [0.4, 0.5) is 4.79 Å². The van der Waals surface area contributed by atoms with Crippen LogP contribution in [0.2, 0.25) is 0 Å². The van der Waals surface area contributed by atoms with Crippen molar-refractivity contribution >= 4 is 11.9 Å². The molecule has 1 saturated heterocycles. The van der Waals surface area contributed by atoms with E-state index >= 15 is 0 Å². The van der Waals surface area contributed by atoms with Gasteiger partial charge in [-0.15, -0.1) is 0 Å². The first-order chi connectivity index (χ1) is 11.7. The molecule has 2 N–H and O–H groups in total. The van der Waals surface area contributed by atoms with Gasteiger partial charge in [0, 0.05) is 12.0 Å². The van der Waals surface area contributed by atoms with Crippen LogP contribution in [0, 0.1) is 0 Å². The maximum atomic E-state index is 11.8. The predicted molar refractivity (Wildman–Crippen MR) is 87.9 cm³/mol. The van der Waals surface area contributed by atoms with Crippen molar-refractivity contribution in [1.82, 2.24) is 10.6 Å². The van der Waals surface area contributed by atoms with E-state index in [1.807, 2.05) is 42.5 Å². The van der Waals surface area contributed by atoms with Gasteiger partial charge in [0.05, 0.1) is 7.11 Å². The first-order valence-electron chi connectivity index (χ1n) is 7.61. The quantitative estimate of drug-likeness (QED) is 0.796. The van der Waals surface area contributed by atoms with Crippen LogP contribution in [0.3, 0.4) is 0 Å². The number of nitrogens with one attached hydrogen (secondary N) is 2. The van der Waals surface area contributed by atoms with Gasteiger partial charge in [-0.05, 0) is 11.6 Å². The minimum absolute atomic E-state index is 0.332. The van der Waals surface area contributed by atoms with Crippen molar-refractivity contribution in [3.63, 3.8) is 0 Å². The molecule has 1 unspecified atom stereocenters. The molecule has 0 aliphatic carbocycles. The number of para-hydroxylation sites is 1. The summed E-state index contributed by atoms with van der Waals surface area (Å²) in [7, 11) is 1.57. The first-order valence-corrected chi connectivity index (χ1v) is 7.61. The summed E-state index contributed by atoms with van der Waals surface area (Å²) >= 11 is 0. The van der Waals surface area contributed by atoms with Crippen molar-refractivity contribution in [2.24, 2.45) is 0 Å². The Labute approximate surface area is 139 Å². The normalized spacial score (nSPS) is 16.5. The molecule has 6 heteroatoms. The molecule has 1 aliphatic rings. The van der Waals surface area contributed by atoms with Gasteiger partial charge in [-0.1, -0.05) is 42.5 Å². The summed E-state index contributed by atoms with van der Waals surface area (Å²) < 4.78 is 11.3. The Morgan fingerprint density at radius 3 is 2.50 bits per heavy atom. The average Bonchev–Trinajstić information content (AvgIpc) is 2.91.